The van der Waals surface area contributed by atoms with Crippen molar-refractivity contribution in [2.45, 2.75) is 25.8 Å². The second kappa shape index (κ2) is 6.86. The number of hydrogen-bond donors (Lipinski definition) is 2. The van der Waals surface area contributed by atoms with Gasteiger partial charge < -0.3 is 15.3 Å². The van der Waals surface area contributed by atoms with Crippen LogP contribution in [0.15, 0.2) is 12.7 Å². The SMILES string of the molecule is C=CCCCN(C)C(=O)N[C@H](C)C(=O)O. The molecule has 0 saturated heterocycles. The molecule has 0 aliphatic heterocycles. The Kier molecular flexibility index (Phi) is 6.17. The molecular formula is C10H18N2O3. The molecule has 5 nitrogen and oxygen atoms in total. The van der Waals surface area contributed by atoms with E-state index in [4.69, 9.17) is 5.11 Å². The normalized spacial score (nSPS) is 11.6. The standard InChI is InChI=1S/C10H18N2O3/c1-4-5-6-7-12(3)10(15)11-8(2)9(13)14/h4,8H,1,5-7H2,2-3H3,(H,11,15)(H,13,14)/t8-/m1/s1. The fraction of sp³-hybridized carbons (Fsp3) is 0.600. The van der Waals surface area contributed by atoms with Crippen LogP contribution < -0.4 is 5.32 Å². The van der Waals surface area contributed by atoms with E-state index >= 15 is 0 Å². The molecule has 0 heterocycles. The molecule has 0 saturated carbocycles. The predicted octanol–water partition coefficient (Wildman–Crippen LogP) is 1.07. The number of carboxylic acid groups (broad SMARTS) is 1. The van der Waals surface area contributed by atoms with Gasteiger partial charge >= 0.3 is 12.0 Å². The van der Waals surface area contributed by atoms with E-state index < -0.39 is 12.0 Å². The van der Waals surface area contributed by atoms with Crippen molar-refractivity contribution in [3.63, 3.8) is 0 Å². The summed E-state index contributed by atoms with van der Waals surface area (Å²) in [6, 6.07) is -1.23. The highest BCUT2D eigenvalue weighted by atomic mass is 16.4. The Labute approximate surface area is 89.8 Å². The monoisotopic (exact) mass is 214 g/mol. The van der Waals surface area contributed by atoms with Crippen molar-refractivity contribution < 1.29 is 14.7 Å². The zero-order valence-electron chi connectivity index (χ0n) is 9.19. The van der Waals surface area contributed by atoms with Crippen LogP contribution in [0, 0.1) is 0 Å². The molecular weight excluding hydrogens is 196 g/mol. The van der Waals surface area contributed by atoms with Gasteiger partial charge in [-0.15, -0.1) is 6.58 Å². The summed E-state index contributed by atoms with van der Waals surface area (Å²) in [6.45, 7) is 5.59. The fourth-order valence-electron chi connectivity index (χ4n) is 0.931. The molecule has 0 bridgehead atoms. The molecule has 0 aliphatic rings. The molecule has 0 unspecified atom stereocenters. The Bertz CT molecular complexity index is 241. The van der Waals surface area contributed by atoms with Crippen LogP contribution in [0.2, 0.25) is 0 Å². The molecule has 0 aromatic rings. The maximum Gasteiger partial charge on any atom is 0.325 e. The number of nitrogens with one attached hydrogen (secondary N) is 1. The lowest BCUT2D eigenvalue weighted by Crippen LogP contribution is -2.45. The number of carboxylic acids is 1. The molecule has 0 fully saturated rings. The third-order valence-electron chi connectivity index (χ3n) is 1.96. The largest absolute Gasteiger partial charge is 0.480 e. The van der Waals surface area contributed by atoms with Crippen LogP contribution in [0.5, 0.6) is 0 Å². The highest BCUT2D eigenvalue weighted by molar-refractivity contribution is 5.82. The van der Waals surface area contributed by atoms with E-state index in [0.29, 0.717) is 6.54 Å². The molecule has 2 N–H and O–H groups in total. The highest BCUT2D eigenvalue weighted by Gasteiger charge is 2.15. The molecule has 2 amide bonds. The Morgan fingerprint density at radius 1 is 1.60 bits per heavy atom. The van der Waals surface area contributed by atoms with E-state index in [1.807, 2.05) is 0 Å². The number of urea groups is 1. The Morgan fingerprint density at radius 3 is 2.67 bits per heavy atom. The van der Waals surface area contributed by atoms with Crippen LogP contribution in [-0.4, -0.2) is 41.6 Å². The van der Waals surface area contributed by atoms with Crippen molar-refractivity contribution in [2.75, 3.05) is 13.6 Å². The van der Waals surface area contributed by atoms with E-state index in [-0.39, 0.29) is 6.03 Å². The summed E-state index contributed by atoms with van der Waals surface area (Å²) >= 11 is 0. The molecule has 0 spiro atoms. The van der Waals surface area contributed by atoms with E-state index in [2.05, 4.69) is 11.9 Å². The van der Waals surface area contributed by atoms with E-state index in [1.54, 1.807) is 13.1 Å². The molecule has 86 valence electrons. The zero-order chi connectivity index (χ0) is 11.8. The van der Waals surface area contributed by atoms with E-state index in [9.17, 15) is 9.59 Å². The van der Waals surface area contributed by atoms with Gasteiger partial charge in [0.25, 0.3) is 0 Å². The summed E-state index contributed by atoms with van der Waals surface area (Å²) in [6.07, 6.45) is 3.45. The second-order valence-electron chi connectivity index (χ2n) is 3.36. The summed E-state index contributed by atoms with van der Waals surface area (Å²) < 4.78 is 0. The Balaban J connectivity index is 3.88. The number of carbonyl (C=O) groups is 2. The van der Waals surface area contributed by atoms with Gasteiger partial charge in [-0.25, -0.2) is 4.79 Å². The third kappa shape index (κ3) is 5.72. The van der Waals surface area contributed by atoms with Crippen LogP contribution in [0.4, 0.5) is 4.79 Å². The van der Waals surface area contributed by atoms with Crippen molar-refractivity contribution in [3.05, 3.63) is 12.7 Å². The maximum atomic E-state index is 11.4. The average molecular weight is 214 g/mol. The van der Waals surface area contributed by atoms with Gasteiger partial charge in [0.15, 0.2) is 0 Å². The fourth-order valence-corrected chi connectivity index (χ4v) is 0.931. The number of nitrogens with zero attached hydrogens (tertiary/aromatic N) is 1. The number of carbonyl (C=O) groups excluding carboxylic acids is 1. The van der Waals surface area contributed by atoms with E-state index in [0.717, 1.165) is 12.8 Å². The topological polar surface area (TPSA) is 69.6 Å². The minimum Gasteiger partial charge on any atom is -0.480 e. The molecule has 0 aliphatic carbocycles. The van der Waals surface area contributed by atoms with Crippen molar-refractivity contribution in [1.29, 1.82) is 0 Å². The second-order valence-corrected chi connectivity index (χ2v) is 3.36. The van der Waals surface area contributed by atoms with Gasteiger partial charge in [-0.1, -0.05) is 6.08 Å². The number of aliphatic carboxylic acids is 1. The molecule has 15 heavy (non-hydrogen) atoms. The van der Waals surface area contributed by atoms with Crippen LogP contribution in [0.1, 0.15) is 19.8 Å². The summed E-state index contributed by atoms with van der Waals surface area (Å²) in [4.78, 5) is 23.3. The number of amides is 2. The third-order valence-corrected chi connectivity index (χ3v) is 1.96. The molecule has 0 aromatic heterocycles. The molecule has 0 aromatic carbocycles. The quantitative estimate of drug-likeness (QED) is 0.513. The van der Waals surface area contributed by atoms with Gasteiger partial charge in [0, 0.05) is 13.6 Å². The maximum absolute atomic E-state index is 11.4. The molecule has 0 radical (unpaired) electrons. The lowest BCUT2D eigenvalue weighted by molar-refractivity contribution is -0.138. The summed E-state index contributed by atoms with van der Waals surface area (Å²) in [5.41, 5.74) is 0. The Morgan fingerprint density at radius 2 is 2.20 bits per heavy atom. The summed E-state index contributed by atoms with van der Waals surface area (Å²) in [7, 11) is 1.63. The number of hydrogen-bond acceptors (Lipinski definition) is 2. The van der Waals surface area contributed by atoms with Crippen LogP contribution in [0.25, 0.3) is 0 Å². The number of rotatable bonds is 6. The lowest BCUT2D eigenvalue weighted by Gasteiger charge is -2.19. The minimum atomic E-state index is -1.04. The van der Waals surface area contributed by atoms with Gasteiger partial charge in [-0.2, -0.15) is 0 Å². The Hall–Kier alpha value is -1.52. The first-order chi connectivity index (χ1) is 6.99. The van der Waals surface area contributed by atoms with Crippen molar-refractivity contribution in [2.24, 2.45) is 0 Å². The van der Waals surface area contributed by atoms with Crippen molar-refractivity contribution >= 4 is 12.0 Å². The summed E-state index contributed by atoms with van der Waals surface area (Å²) in [5.74, 6) is -1.04. The average Bonchev–Trinajstić information content (AvgIpc) is 2.17. The van der Waals surface area contributed by atoms with Gasteiger partial charge in [0.05, 0.1) is 0 Å². The smallest absolute Gasteiger partial charge is 0.325 e. The molecule has 0 rings (SSSR count). The van der Waals surface area contributed by atoms with Gasteiger partial charge in [0.2, 0.25) is 0 Å². The predicted molar refractivity (Wildman–Crippen MR) is 57.7 cm³/mol. The van der Waals surface area contributed by atoms with E-state index in [1.165, 1.54) is 11.8 Å². The summed E-state index contributed by atoms with van der Waals surface area (Å²) in [5, 5.41) is 10.9. The van der Waals surface area contributed by atoms with Crippen LogP contribution >= 0.6 is 0 Å². The van der Waals surface area contributed by atoms with Crippen LogP contribution in [-0.2, 0) is 4.79 Å². The number of allylic oxidation sites excluding steroid dienone is 1. The van der Waals surface area contributed by atoms with Gasteiger partial charge in [-0.05, 0) is 19.8 Å². The lowest BCUT2D eigenvalue weighted by atomic mass is 10.3. The van der Waals surface area contributed by atoms with Crippen molar-refractivity contribution in [3.8, 4) is 0 Å². The van der Waals surface area contributed by atoms with Crippen molar-refractivity contribution in [1.82, 2.24) is 10.2 Å². The first-order valence-corrected chi connectivity index (χ1v) is 4.84. The first kappa shape index (κ1) is 13.5. The molecule has 5 heteroatoms. The highest BCUT2D eigenvalue weighted by Crippen LogP contribution is 1.94. The minimum absolute atomic E-state index is 0.367. The number of unbranched alkanes of at least 4 members (excludes halogenated alkanes) is 1. The van der Waals surface area contributed by atoms with Crippen LogP contribution in [0.3, 0.4) is 0 Å². The zero-order valence-corrected chi connectivity index (χ0v) is 9.19. The van der Waals surface area contributed by atoms with Gasteiger partial charge in [-0.3, -0.25) is 4.79 Å². The first-order valence-electron chi connectivity index (χ1n) is 4.84. The molecule has 1 atom stereocenters. The van der Waals surface area contributed by atoms with Gasteiger partial charge in [0.1, 0.15) is 6.04 Å².